The van der Waals surface area contributed by atoms with Gasteiger partial charge in [-0.25, -0.2) is 0 Å². The minimum absolute atomic E-state index is 0.102. The number of benzene rings is 1. The topological polar surface area (TPSA) is 44.4 Å². The zero-order valence-electron chi connectivity index (χ0n) is 12.4. The average molecular weight is 308 g/mol. The van der Waals surface area contributed by atoms with Gasteiger partial charge in [0.25, 0.3) is 0 Å². The number of nitrogens with zero attached hydrogens (tertiary/aromatic N) is 1. The molecule has 4 nitrogen and oxygen atoms in total. The molecule has 5 heteroatoms. The van der Waals surface area contributed by atoms with E-state index in [9.17, 15) is 4.79 Å². The van der Waals surface area contributed by atoms with E-state index >= 15 is 0 Å². The fraction of sp³-hybridized carbons (Fsp3) is 0.562. The van der Waals surface area contributed by atoms with Gasteiger partial charge in [-0.05, 0) is 30.9 Å². The van der Waals surface area contributed by atoms with Gasteiger partial charge in [-0.15, -0.1) is 0 Å². The summed E-state index contributed by atoms with van der Waals surface area (Å²) in [7, 11) is 0. The van der Waals surface area contributed by atoms with E-state index in [0.29, 0.717) is 12.6 Å². The molecule has 1 aliphatic heterocycles. The van der Waals surface area contributed by atoms with E-state index in [1.54, 1.807) is 0 Å². The molecule has 114 valence electrons. The third kappa shape index (κ3) is 3.16. The summed E-state index contributed by atoms with van der Waals surface area (Å²) in [6.45, 7) is 4.34. The minimum atomic E-state index is -0.127. The molecule has 2 N–H and O–H groups in total. The Hall–Kier alpha value is -1.26. The number of nitrogens with one attached hydrogen (secondary N) is 2. The van der Waals surface area contributed by atoms with E-state index in [2.05, 4.69) is 21.6 Å². The zero-order chi connectivity index (χ0) is 14.8. The van der Waals surface area contributed by atoms with Crippen LogP contribution in [-0.2, 0) is 11.3 Å². The summed E-state index contributed by atoms with van der Waals surface area (Å²) in [6, 6.07) is 6.54. The molecule has 1 aromatic rings. The van der Waals surface area contributed by atoms with Crippen LogP contribution in [0.25, 0.3) is 0 Å². The lowest BCUT2D eigenvalue weighted by Crippen LogP contribution is -2.55. The van der Waals surface area contributed by atoms with Crippen molar-refractivity contribution < 1.29 is 4.79 Å². The summed E-state index contributed by atoms with van der Waals surface area (Å²) in [6.07, 6.45) is 3.31. The third-order valence-electron chi connectivity index (χ3n) is 4.23. The number of para-hydroxylation sites is 1. The molecule has 0 bridgehead atoms. The Balaban J connectivity index is 1.89. The van der Waals surface area contributed by atoms with Crippen molar-refractivity contribution in [3.8, 4) is 0 Å². The lowest BCUT2D eigenvalue weighted by Gasteiger charge is -2.38. The molecule has 1 atom stereocenters. The summed E-state index contributed by atoms with van der Waals surface area (Å²) >= 11 is 6.46. The number of hydrogen-bond donors (Lipinski definition) is 2. The fourth-order valence-electron chi connectivity index (χ4n) is 2.95. The lowest BCUT2D eigenvalue weighted by molar-refractivity contribution is -0.123. The molecule has 1 aromatic carbocycles. The highest BCUT2D eigenvalue weighted by molar-refractivity contribution is 6.33. The molecule has 21 heavy (non-hydrogen) atoms. The van der Waals surface area contributed by atoms with Crippen LogP contribution in [0.5, 0.6) is 0 Å². The molecule has 1 saturated carbocycles. The second-order valence-electron chi connectivity index (χ2n) is 5.81. The molecule has 0 spiro atoms. The monoisotopic (exact) mass is 307 g/mol. The first-order valence-electron chi connectivity index (χ1n) is 7.76. The Morgan fingerprint density at radius 3 is 2.95 bits per heavy atom. The lowest BCUT2D eigenvalue weighted by atomic mass is 10.1. The van der Waals surface area contributed by atoms with Crippen molar-refractivity contribution in [3.05, 3.63) is 28.8 Å². The first-order chi connectivity index (χ1) is 10.2. The highest BCUT2D eigenvalue weighted by atomic mass is 35.5. The van der Waals surface area contributed by atoms with Crippen molar-refractivity contribution >= 4 is 23.2 Å². The number of carbonyl (C=O) groups excluding carboxylic acids is 1. The van der Waals surface area contributed by atoms with E-state index in [0.717, 1.165) is 30.2 Å². The largest absolute Gasteiger partial charge is 0.356 e. The molecule has 1 saturated heterocycles. The van der Waals surface area contributed by atoms with Gasteiger partial charge in [0, 0.05) is 25.7 Å². The summed E-state index contributed by atoms with van der Waals surface area (Å²) in [5.41, 5.74) is 2.21. The van der Waals surface area contributed by atoms with Crippen LogP contribution in [0.15, 0.2) is 18.2 Å². The molecule has 0 radical (unpaired) electrons. The number of rotatable bonds is 5. The van der Waals surface area contributed by atoms with Gasteiger partial charge in [-0.1, -0.05) is 30.7 Å². The van der Waals surface area contributed by atoms with E-state index in [4.69, 9.17) is 11.6 Å². The Labute approximate surface area is 130 Å². The molecule has 2 fully saturated rings. The van der Waals surface area contributed by atoms with Crippen LogP contribution in [0.1, 0.15) is 31.7 Å². The van der Waals surface area contributed by atoms with Crippen LogP contribution in [0.3, 0.4) is 0 Å². The molecule has 1 amide bonds. The van der Waals surface area contributed by atoms with Gasteiger partial charge < -0.3 is 15.5 Å². The number of amides is 1. The van der Waals surface area contributed by atoms with Gasteiger partial charge in [0.1, 0.15) is 6.04 Å². The predicted molar refractivity (Wildman–Crippen MR) is 85.7 cm³/mol. The van der Waals surface area contributed by atoms with Gasteiger partial charge in [-0.2, -0.15) is 0 Å². The Morgan fingerprint density at radius 1 is 1.43 bits per heavy atom. The molecular formula is C16H22ClN3O. The first kappa shape index (κ1) is 14.7. The minimum Gasteiger partial charge on any atom is -0.356 e. The van der Waals surface area contributed by atoms with Crippen molar-refractivity contribution in [2.24, 2.45) is 0 Å². The van der Waals surface area contributed by atoms with Crippen molar-refractivity contribution in [2.75, 3.05) is 18.0 Å². The van der Waals surface area contributed by atoms with Crippen molar-refractivity contribution in [2.45, 2.75) is 44.8 Å². The van der Waals surface area contributed by atoms with Crippen LogP contribution in [-0.4, -0.2) is 31.1 Å². The second-order valence-corrected chi connectivity index (χ2v) is 6.22. The zero-order valence-corrected chi connectivity index (χ0v) is 13.1. The number of piperazine rings is 1. The molecular weight excluding hydrogens is 286 g/mol. The maximum atomic E-state index is 12.1. The average Bonchev–Trinajstić information content (AvgIpc) is 3.29. The molecule has 3 rings (SSSR count). The summed E-state index contributed by atoms with van der Waals surface area (Å²) in [5.74, 6) is 0.102. The molecule has 1 aliphatic carbocycles. The third-order valence-corrected chi connectivity index (χ3v) is 4.54. The van der Waals surface area contributed by atoms with Crippen LogP contribution in [0.2, 0.25) is 5.02 Å². The normalized spacial score (nSPS) is 22.3. The van der Waals surface area contributed by atoms with E-state index in [-0.39, 0.29) is 11.9 Å². The first-order valence-corrected chi connectivity index (χ1v) is 8.13. The fourth-order valence-corrected chi connectivity index (χ4v) is 3.26. The Kier molecular flexibility index (Phi) is 4.36. The number of anilines is 1. The van der Waals surface area contributed by atoms with Crippen LogP contribution >= 0.6 is 11.6 Å². The predicted octanol–water partition coefficient (Wildman–Crippen LogP) is 2.31. The number of hydrogen-bond acceptors (Lipinski definition) is 3. The van der Waals surface area contributed by atoms with E-state index < -0.39 is 0 Å². The molecule has 1 unspecified atom stereocenters. The van der Waals surface area contributed by atoms with Gasteiger partial charge in [0.15, 0.2) is 0 Å². The number of halogens is 1. The van der Waals surface area contributed by atoms with Crippen molar-refractivity contribution in [3.63, 3.8) is 0 Å². The van der Waals surface area contributed by atoms with Crippen LogP contribution in [0.4, 0.5) is 5.69 Å². The highest BCUT2D eigenvalue weighted by Gasteiger charge is 2.31. The molecule has 0 aromatic heterocycles. The quantitative estimate of drug-likeness (QED) is 0.877. The van der Waals surface area contributed by atoms with Gasteiger partial charge in [0.2, 0.25) is 5.91 Å². The van der Waals surface area contributed by atoms with Crippen LogP contribution in [0, 0.1) is 0 Å². The molecule has 1 heterocycles. The van der Waals surface area contributed by atoms with Gasteiger partial charge in [0.05, 0.1) is 10.7 Å². The van der Waals surface area contributed by atoms with Crippen molar-refractivity contribution in [1.82, 2.24) is 10.6 Å². The Bertz CT molecular complexity index is 530. The number of carbonyl (C=O) groups is 1. The van der Waals surface area contributed by atoms with Gasteiger partial charge >= 0.3 is 0 Å². The summed E-state index contributed by atoms with van der Waals surface area (Å²) < 4.78 is 0. The van der Waals surface area contributed by atoms with E-state index in [1.807, 2.05) is 19.1 Å². The second kappa shape index (κ2) is 6.24. The molecule has 2 aliphatic rings. The Morgan fingerprint density at radius 2 is 2.24 bits per heavy atom. The maximum Gasteiger partial charge on any atom is 0.242 e. The van der Waals surface area contributed by atoms with Gasteiger partial charge in [-0.3, -0.25) is 4.79 Å². The van der Waals surface area contributed by atoms with Crippen LogP contribution < -0.4 is 15.5 Å². The standard InChI is InChI=1S/C16H22ClN3O/c1-2-14-16(21)18-8-9-20(14)15-11(4-3-5-13(15)17)10-19-12-6-7-12/h3-5,12,14,19H,2,6-10H2,1H3,(H,18,21). The summed E-state index contributed by atoms with van der Waals surface area (Å²) in [4.78, 5) is 14.3. The van der Waals surface area contributed by atoms with Crippen molar-refractivity contribution in [1.29, 1.82) is 0 Å². The highest BCUT2D eigenvalue weighted by Crippen LogP contribution is 2.33. The smallest absolute Gasteiger partial charge is 0.242 e. The van der Waals surface area contributed by atoms with E-state index in [1.165, 1.54) is 18.4 Å². The summed E-state index contributed by atoms with van der Waals surface area (Å²) in [5, 5.41) is 7.21. The SMILES string of the molecule is CCC1C(=O)NCCN1c1c(Cl)cccc1CNC1CC1. The maximum absolute atomic E-state index is 12.1.